The SMILES string of the molecule is Cc1cc(C)c2[nH]c(=O)c(CN(C3CCCC3)S(=O)(=O)c3ccc(C)c(Cl)c3)cc2c1. The van der Waals surface area contributed by atoms with Gasteiger partial charge in [-0.1, -0.05) is 42.1 Å². The summed E-state index contributed by atoms with van der Waals surface area (Å²) in [7, 11) is -3.81. The maximum Gasteiger partial charge on any atom is 0.252 e. The largest absolute Gasteiger partial charge is 0.321 e. The Balaban J connectivity index is 1.80. The number of halogens is 1. The molecule has 2 aromatic carbocycles. The fraction of sp³-hybridized carbons (Fsp3) is 0.375. The van der Waals surface area contributed by atoms with Gasteiger partial charge in [0.05, 0.1) is 10.4 Å². The van der Waals surface area contributed by atoms with Crippen LogP contribution in [0.2, 0.25) is 5.02 Å². The molecule has 4 rings (SSSR count). The highest BCUT2D eigenvalue weighted by molar-refractivity contribution is 7.89. The molecule has 0 amide bonds. The normalized spacial score (nSPS) is 15.3. The lowest BCUT2D eigenvalue weighted by atomic mass is 10.1. The monoisotopic (exact) mass is 458 g/mol. The van der Waals surface area contributed by atoms with Gasteiger partial charge in [0, 0.05) is 23.2 Å². The maximum absolute atomic E-state index is 13.6. The number of pyridine rings is 1. The van der Waals surface area contributed by atoms with E-state index >= 15 is 0 Å². The van der Waals surface area contributed by atoms with Crippen LogP contribution in [0.25, 0.3) is 10.9 Å². The lowest BCUT2D eigenvalue weighted by Crippen LogP contribution is -2.39. The Morgan fingerprint density at radius 3 is 2.42 bits per heavy atom. The molecule has 1 saturated carbocycles. The fourth-order valence-electron chi connectivity index (χ4n) is 4.49. The Kier molecular flexibility index (Phi) is 5.99. The average molecular weight is 459 g/mol. The fourth-order valence-corrected chi connectivity index (χ4v) is 6.42. The highest BCUT2D eigenvalue weighted by Gasteiger charge is 2.34. The minimum absolute atomic E-state index is 0.0385. The summed E-state index contributed by atoms with van der Waals surface area (Å²) in [4.78, 5) is 16.0. The first kappa shape index (κ1) is 22.1. The second-order valence-corrected chi connectivity index (χ2v) is 10.9. The van der Waals surface area contributed by atoms with Gasteiger partial charge in [0.25, 0.3) is 5.56 Å². The molecule has 0 atom stereocenters. The minimum Gasteiger partial charge on any atom is -0.321 e. The number of sulfonamides is 1. The van der Waals surface area contributed by atoms with E-state index in [-0.39, 0.29) is 23.0 Å². The van der Waals surface area contributed by atoms with Gasteiger partial charge in [-0.3, -0.25) is 4.79 Å². The Morgan fingerprint density at radius 2 is 1.74 bits per heavy atom. The molecule has 5 nitrogen and oxygen atoms in total. The van der Waals surface area contributed by atoms with E-state index in [0.29, 0.717) is 10.6 Å². The van der Waals surface area contributed by atoms with Crippen LogP contribution in [0.4, 0.5) is 0 Å². The van der Waals surface area contributed by atoms with Crippen LogP contribution in [0.3, 0.4) is 0 Å². The van der Waals surface area contributed by atoms with E-state index in [1.165, 1.54) is 10.4 Å². The summed E-state index contributed by atoms with van der Waals surface area (Å²) in [6, 6.07) is 10.6. The summed E-state index contributed by atoms with van der Waals surface area (Å²) < 4.78 is 28.8. The maximum atomic E-state index is 13.6. The van der Waals surface area contributed by atoms with Gasteiger partial charge in [0.1, 0.15) is 0 Å². The van der Waals surface area contributed by atoms with Crippen molar-refractivity contribution < 1.29 is 8.42 Å². The van der Waals surface area contributed by atoms with Gasteiger partial charge in [-0.05, 0) is 74.4 Å². The van der Waals surface area contributed by atoms with Gasteiger partial charge in [0.15, 0.2) is 0 Å². The first-order valence-electron chi connectivity index (χ1n) is 10.6. The molecule has 1 aromatic heterocycles. The number of fused-ring (bicyclic) bond motifs is 1. The molecule has 1 aliphatic carbocycles. The first-order valence-corrected chi connectivity index (χ1v) is 12.4. The third-order valence-electron chi connectivity index (χ3n) is 6.18. The summed E-state index contributed by atoms with van der Waals surface area (Å²) in [5, 5.41) is 1.33. The molecule has 1 heterocycles. The van der Waals surface area contributed by atoms with Crippen molar-refractivity contribution in [3.8, 4) is 0 Å². The minimum atomic E-state index is -3.81. The number of aromatic nitrogens is 1. The molecule has 164 valence electrons. The number of aryl methyl sites for hydroxylation is 3. The van der Waals surface area contributed by atoms with Crippen LogP contribution in [0.15, 0.2) is 46.1 Å². The van der Waals surface area contributed by atoms with Crippen LogP contribution < -0.4 is 5.56 Å². The molecular weight excluding hydrogens is 432 g/mol. The van der Waals surface area contributed by atoms with Crippen molar-refractivity contribution in [3.63, 3.8) is 0 Å². The number of hydrogen-bond acceptors (Lipinski definition) is 3. The van der Waals surface area contributed by atoms with E-state index in [2.05, 4.69) is 4.98 Å². The van der Waals surface area contributed by atoms with Crippen LogP contribution in [0.1, 0.15) is 47.9 Å². The van der Waals surface area contributed by atoms with Crippen LogP contribution in [0, 0.1) is 20.8 Å². The van der Waals surface area contributed by atoms with E-state index in [0.717, 1.165) is 53.3 Å². The Labute approximate surface area is 188 Å². The van der Waals surface area contributed by atoms with E-state index in [9.17, 15) is 13.2 Å². The number of aromatic amines is 1. The van der Waals surface area contributed by atoms with Crippen molar-refractivity contribution >= 4 is 32.5 Å². The summed E-state index contributed by atoms with van der Waals surface area (Å²) in [5.74, 6) is 0. The highest BCUT2D eigenvalue weighted by atomic mass is 35.5. The highest BCUT2D eigenvalue weighted by Crippen LogP contribution is 2.31. The number of benzene rings is 2. The molecular formula is C24H27ClN2O3S. The Hall–Kier alpha value is -2.15. The molecule has 0 saturated heterocycles. The number of H-pyrrole nitrogens is 1. The van der Waals surface area contributed by atoms with Crippen LogP contribution in [-0.4, -0.2) is 23.7 Å². The van der Waals surface area contributed by atoms with Crippen LogP contribution in [-0.2, 0) is 16.6 Å². The second kappa shape index (κ2) is 8.41. The molecule has 0 radical (unpaired) electrons. The average Bonchev–Trinajstić information content (AvgIpc) is 3.23. The van der Waals surface area contributed by atoms with Crippen LogP contribution >= 0.6 is 11.6 Å². The van der Waals surface area contributed by atoms with Gasteiger partial charge in [0.2, 0.25) is 10.0 Å². The standard InChI is InChI=1S/C24H27ClN2O3S/c1-15-10-17(3)23-18(11-15)12-19(24(28)26-23)14-27(20-6-4-5-7-20)31(29,30)21-9-8-16(2)22(25)13-21/h8-13,20H,4-7,14H2,1-3H3,(H,26,28). The number of hydrogen-bond donors (Lipinski definition) is 1. The molecule has 0 unspecified atom stereocenters. The second-order valence-electron chi connectivity index (χ2n) is 8.57. The molecule has 1 aliphatic rings. The van der Waals surface area contributed by atoms with Crippen molar-refractivity contribution in [2.75, 3.05) is 0 Å². The summed E-state index contributed by atoms with van der Waals surface area (Å²) >= 11 is 6.23. The summed E-state index contributed by atoms with van der Waals surface area (Å²) in [6.45, 7) is 5.85. The van der Waals surface area contributed by atoms with Crippen molar-refractivity contribution in [2.45, 2.75) is 63.9 Å². The predicted octanol–water partition coefficient (Wildman–Crippen LogP) is 5.24. The van der Waals surface area contributed by atoms with Gasteiger partial charge in [-0.25, -0.2) is 8.42 Å². The van der Waals surface area contributed by atoms with Crippen molar-refractivity contribution in [2.24, 2.45) is 0 Å². The molecule has 1 fully saturated rings. The van der Waals surface area contributed by atoms with Gasteiger partial charge >= 0.3 is 0 Å². The van der Waals surface area contributed by atoms with Crippen molar-refractivity contribution in [1.82, 2.24) is 9.29 Å². The smallest absolute Gasteiger partial charge is 0.252 e. The predicted molar refractivity (Wildman–Crippen MR) is 125 cm³/mol. The number of nitrogens with zero attached hydrogens (tertiary/aromatic N) is 1. The summed E-state index contributed by atoms with van der Waals surface area (Å²) in [5.41, 5.74) is 3.90. The topological polar surface area (TPSA) is 70.2 Å². The molecule has 0 spiro atoms. The Morgan fingerprint density at radius 1 is 1.03 bits per heavy atom. The molecule has 0 aliphatic heterocycles. The first-order chi connectivity index (χ1) is 14.7. The quantitative estimate of drug-likeness (QED) is 0.568. The van der Waals surface area contributed by atoms with Crippen molar-refractivity contribution in [3.05, 3.63) is 74.0 Å². The van der Waals surface area contributed by atoms with E-state index in [1.807, 2.05) is 39.0 Å². The lowest BCUT2D eigenvalue weighted by Gasteiger charge is -2.28. The van der Waals surface area contributed by atoms with Gasteiger partial charge in [-0.2, -0.15) is 4.31 Å². The molecule has 3 aromatic rings. The summed E-state index contributed by atoms with van der Waals surface area (Å²) in [6.07, 6.45) is 3.56. The third kappa shape index (κ3) is 4.29. The van der Waals surface area contributed by atoms with Crippen LogP contribution in [0.5, 0.6) is 0 Å². The number of nitrogens with one attached hydrogen (secondary N) is 1. The molecule has 7 heteroatoms. The van der Waals surface area contributed by atoms with Gasteiger partial charge in [-0.15, -0.1) is 0 Å². The third-order valence-corrected chi connectivity index (χ3v) is 8.48. The lowest BCUT2D eigenvalue weighted by molar-refractivity contribution is 0.315. The zero-order valence-corrected chi connectivity index (χ0v) is 19.6. The zero-order chi connectivity index (χ0) is 22.3. The van der Waals surface area contributed by atoms with E-state index < -0.39 is 10.0 Å². The van der Waals surface area contributed by atoms with E-state index in [1.54, 1.807) is 12.1 Å². The molecule has 1 N–H and O–H groups in total. The van der Waals surface area contributed by atoms with Gasteiger partial charge < -0.3 is 4.98 Å². The van der Waals surface area contributed by atoms with Crippen molar-refractivity contribution in [1.29, 1.82) is 0 Å². The molecule has 31 heavy (non-hydrogen) atoms. The zero-order valence-electron chi connectivity index (χ0n) is 18.0. The Bertz CT molecular complexity index is 1310. The number of rotatable bonds is 5. The molecule has 0 bridgehead atoms. The van der Waals surface area contributed by atoms with E-state index in [4.69, 9.17) is 11.6 Å².